The Bertz CT molecular complexity index is 1060. The second-order valence-corrected chi connectivity index (χ2v) is 7.33. The molecular weight excluding hydrogens is 380 g/mol. The number of carbonyl (C=O) groups is 2. The molecule has 1 N–H and O–H groups in total. The Balaban J connectivity index is 2.03. The minimum absolute atomic E-state index is 0.0221. The minimum atomic E-state index is -0.412. The Hall–Kier alpha value is -3.41. The molecule has 0 aliphatic rings. The lowest BCUT2D eigenvalue weighted by molar-refractivity contribution is -0.123. The van der Waals surface area contributed by atoms with Gasteiger partial charge in [0, 0.05) is 23.1 Å². The van der Waals surface area contributed by atoms with Gasteiger partial charge in [0.05, 0.1) is 23.4 Å². The number of aromatic nitrogens is 1. The Morgan fingerprint density at radius 1 is 1.07 bits per heavy atom. The number of carbonyl (C=O) groups excluding carboxylic acids is 2. The molecule has 0 radical (unpaired) electrons. The Morgan fingerprint density at radius 3 is 2.47 bits per heavy atom. The molecule has 6 heteroatoms. The van der Waals surface area contributed by atoms with E-state index < -0.39 is 5.97 Å². The van der Waals surface area contributed by atoms with Crippen LogP contribution in [-0.4, -0.2) is 36.1 Å². The molecule has 0 saturated carbocycles. The van der Waals surface area contributed by atoms with Crippen molar-refractivity contribution < 1.29 is 19.1 Å². The lowest BCUT2D eigenvalue weighted by atomic mass is 10.1. The van der Waals surface area contributed by atoms with Gasteiger partial charge in [-0.1, -0.05) is 29.8 Å². The fourth-order valence-electron chi connectivity index (χ4n) is 3.03. The zero-order valence-corrected chi connectivity index (χ0v) is 17.7. The molecule has 3 aromatic rings. The van der Waals surface area contributed by atoms with Gasteiger partial charge in [0.25, 0.3) is 5.91 Å². The van der Waals surface area contributed by atoms with E-state index in [1.54, 1.807) is 31.2 Å². The number of amides is 1. The molecule has 0 aliphatic carbocycles. The normalized spacial score (nSPS) is 10.8. The lowest BCUT2D eigenvalue weighted by Crippen LogP contribution is -2.34. The molecule has 0 fully saturated rings. The topological polar surface area (TPSA) is 77.5 Å². The summed E-state index contributed by atoms with van der Waals surface area (Å²) in [6.45, 7) is 7.72. The number of hydrogen-bond donors (Lipinski definition) is 1. The van der Waals surface area contributed by atoms with Crippen LogP contribution in [0, 0.1) is 6.92 Å². The molecule has 156 valence electrons. The number of aryl methyl sites for hydroxylation is 1. The van der Waals surface area contributed by atoms with Crippen LogP contribution in [0.15, 0.2) is 48.5 Å². The fraction of sp³-hybridized carbons (Fsp3) is 0.292. The third kappa shape index (κ3) is 5.14. The molecule has 0 unspecified atom stereocenters. The molecule has 2 aromatic carbocycles. The van der Waals surface area contributed by atoms with Gasteiger partial charge in [-0.15, -0.1) is 0 Å². The van der Waals surface area contributed by atoms with E-state index in [9.17, 15) is 9.59 Å². The van der Waals surface area contributed by atoms with Crippen molar-refractivity contribution in [2.24, 2.45) is 0 Å². The predicted octanol–water partition coefficient (Wildman–Crippen LogP) is 4.29. The highest BCUT2D eigenvalue weighted by Gasteiger charge is 2.14. The summed E-state index contributed by atoms with van der Waals surface area (Å²) < 4.78 is 11.0. The van der Waals surface area contributed by atoms with Crippen LogP contribution in [0.4, 0.5) is 0 Å². The van der Waals surface area contributed by atoms with Crippen molar-refractivity contribution in [1.82, 2.24) is 10.3 Å². The molecule has 3 rings (SSSR count). The number of pyridine rings is 1. The smallest absolute Gasteiger partial charge is 0.338 e. The van der Waals surface area contributed by atoms with E-state index in [1.165, 1.54) is 0 Å². The van der Waals surface area contributed by atoms with Crippen LogP contribution >= 0.6 is 0 Å². The van der Waals surface area contributed by atoms with Crippen molar-refractivity contribution in [3.05, 3.63) is 59.7 Å². The van der Waals surface area contributed by atoms with Crippen LogP contribution in [-0.2, 0) is 9.53 Å². The molecule has 0 saturated heterocycles. The van der Waals surface area contributed by atoms with E-state index in [0.29, 0.717) is 28.8 Å². The molecule has 1 aromatic heterocycles. The lowest BCUT2D eigenvalue weighted by Gasteiger charge is -2.14. The molecule has 0 aliphatic heterocycles. The summed E-state index contributed by atoms with van der Waals surface area (Å²) in [5.74, 6) is -0.139. The molecule has 0 spiro atoms. The van der Waals surface area contributed by atoms with Gasteiger partial charge in [-0.3, -0.25) is 4.79 Å². The van der Waals surface area contributed by atoms with Gasteiger partial charge in [-0.05, 0) is 45.9 Å². The number of esters is 1. The summed E-state index contributed by atoms with van der Waals surface area (Å²) in [4.78, 5) is 29.0. The average molecular weight is 406 g/mol. The van der Waals surface area contributed by atoms with Crippen LogP contribution in [0.5, 0.6) is 5.75 Å². The van der Waals surface area contributed by atoms with E-state index in [4.69, 9.17) is 14.5 Å². The standard InChI is InChI=1S/C24H26N2O4/c1-5-29-24(28)18-10-11-20-19(12-18)22(30-14-23(27)25-15(2)3)13-21(26-20)17-8-6-16(4)7-9-17/h6-13,15H,5,14H2,1-4H3,(H,25,27). The van der Waals surface area contributed by atoms with Crippen LogP contribution in [0.25, 0.3) is 22.2 Å². The zero-order valence-electron chi connectivity index (χ0n) is 17.7. The van der Waals surface area contributed by atoms with E-state index in [2.05, 4.69) is 5.32 Å². The van der Waals surface area contributed by atoms with Crippen molar-refractivity contribution in [3.8, 4) is 17.0 Å². The van der Waals surface area contributed by atoms with Gasteiger partial charge in [-0.2, -0.15) is 0 Å². The van der Waals surface area contributed by atoms with Gasteiger partial charge in [0.15, 0.2) is 6.61 Å². The second-order valence-electron chi connectivity index (χ2n) is 7.33. The highest BCUT2D eigenvalue weighted by atomic mass is 16.5. The number of fused-ring (bicyclic) bond motifs is 1. The summed E-state index contributed by atoms with van der Waals surface area (Å²) in [7, 11) is 0. The van der Waals surface area contributed by atoms with Crippen LogP contribution in [0.2, 0.25) is 0 Å². The maximum atomic E-state index is 12.2. The van der Waals surface area contributed by atoms with Crippen LogP contribution in [0.3, 0.4) is 0 Å². The summed E-state index contributed by atoms with van der Waals surface area (Å²) in [5, 5.41) is 3.45. The summed E-state index contributed by atoms with van der Waals surface area (Å²) in [6, 6.07) is 15.0. The third-order valence-electron chi connectivity index (χ3n) is 4.44. The molecule has 6 nitrogen and oxygen atoms in total. The Kier molecular flexibility index (Phi) is 6.67. The summed E-state index contributed by atoms with van der Waals surface area (Å²) >= 11 is 0. The van der Waals surface area contributed by atoms with E-state index in [-0.39, 0.29) is 18.6 Å². The maximum Gasteiger partial charge on any atom is 0.338 e. The zero-order chi connectivity index (χ0) is 21.7. The highest BCUT2D eigenvalue weighted by Crippen LogP contribution is 2.31. The summed E-state index contributed by atoms with van der Waals surface area (Å²) in [6.07, 6.45) is 0. The molecule has 0 atom stereocenters. The number of rotatable bonds is 7. The van der Waals surface area contributed by atoms with E-state index >= 15 is 0 Å². The van der Waals surface area contributed by atoms with Crippen molar-refractivity contribution in [3.63, 3.8) is 0 Å². The largest absolute Gasteiger partial charge is 0.483 e. The van der Waals surface area contributed by atoms with Crippen molar-refractivity contribution >= 4 is 22.8 Å². The van der Waals surface area contributed by atoms with Crippen molar-refractivity contribution in [2.75, 3.05) is 13.2 Å². The number of hydrogen-bond acceptors (Lipinski definition) is 5. The Morgan fingerprint density at radius 2 is 1.80 bits per heavy atom. The van der Waals surface area contributed by atoms with Gasteiger partial charge in [-0.25, -0.2) is 9.78 Å². The Labute approximate surface area is 176 Å². The van der Waals surface area contributed by atoms with E-state index in [0.717, 1.165) is 16.8 Å². The molecule has 1 heterocycles. The fourth-order valence-corrected chi connectivity index (χ4v) is 3.03. The first-order valence-electron chi connectivity index (χ1n) is 9.98. The first kappa shape index (κ1) is 21.3. The molecule has 0 bridgehead atoms. The van der Waals surface area contributed by atoms with Crippen molar-refractivity contribution in [1.29, 1.82) is 0 Å². The number of nitrogens with one attached hydrogen (secondary N) is 1. The second kappa shape index (κ2) is 9.39. The highest BCUT2D eigenvalue weighted by molar-refractivity contribution is 5.97. The maximum absolute atomic E-state index is 12.2. The van der Waals surface area contributed by atoms with Crippen LogP contribution < -0.4 is 10.1 Å². The van der Waals surface area contributed by atoms with Gasteiger partial charge in [0.2, 0.25) is 0 Å². The predicted molar refractivity (Wildman–Crippen MR) is 117 cm³/mol. The van der Waals surface area contributed by atoms with Gasteiger partial charge < -0.3 is 14.8 Å². The minimum Gasteiger partial charge on any atom is -0.483 e. The number of ether oxygens (including phenoxy) is 2. The third-order valence-corrected chi connectivity index (χ3v) is 4.44. The monoisotopic (exact) mass is 406 g/mol. The first-order chi connectivity index (χ1) is 14.4. The molecular formula is C24H26N2O4. The average Bonchev–Trinajstić information content (AvgIpc) is 2.71. The summed E-state index contributed by atoms with van der Waals surface area (Å²) in [5.41, 5.74) is 3.89. The first-order valence-corrected chi connectivity index (χ1v) is 9.98. The van der Waals surface area contributed by atoms with E-state index in [1.807, 2.05) is 45.0 Å². The van der Waals surface area contributed by atoms with Crippen molar-refractivity contribution in [2.45, 2.75) is 33.7 Å². The number of benzene rings is 2. The molecule has 30 heavy (non-hydrogen) atoms. The SMILES string of the molecule is CCOC(=O)c1ccc2nc(-c3ccc(C)cc3)cc(OCC(=O)NC(C)C)c2c1. The number of nitrogens with zero attached hydrogens (tertiary/aromatic N) is 1. The quantitative estimate of drug-likeness (QED) is 0.592. The van der Waals surface area contributed by atoms with Crippen LogP contribution in [0.1, 0.15) is 36.7 Å². The molecule has 1 amide bonds. The van der Waals surface area contributed by atoms with Gasteiger partial charge >= 0.3 is 5.97 Å². The van der Waals surface area contributed by atoms with Gasteiger partial charge in [0.1, 0.15) is 5.75 Å².